The Morgan fingerprint density at radius 2 is 1.84 bits per heavy atom. The van der Waals surface area contributed by atoms with E-state index < -0.39 is 11.6 Å². The third-order valence-electron chi connectivity index (χ3n) is 2.78. The highest BCUT2D eigenvalue weighted by molar-refractivity contribution is 5.23. The largest absolute Gasteiger partial charge is 0.382 e. The standard InChI is InChI=1S/C14H21F2NO2/c1-3-17-13(7-8-19-10-9-18-2)14-11(15)5-4-6-12(14)16/h4-6,13,17H,3,7-10H2,1-2H3. The minimum Gasteiger partial charge on any atom is -0.382 e. The van der Waals surface area contributed by atoms with Crippen molar-refractivity contribution in [2.75, 3.05) is 33.5 Å². The van der Waals surface area contributed by atoms with Gasteiger partial charge in [-0.25, -0.2) is 8.78 Å². The van der Waals surface area contributed by atoms with Crippen molar-refractivity contribution in [1.82, 2.24) is 5.32 Å². The fourth-order valence-corrected chi connectivity index (χ4v) is 1.88. The van der Waals surface area contributed by atoms with E-state index in [-0.39, 0.29) is 11.6 Å². The Bertz CT molecular complexity index is 354. The molecule has 0 bridgehead atoms. The molecule has 1 aromatic rings. The summed E-state index contributed by atoms with van der Waals surface area (Å²) in [6, 6.07) is 3.53. The molecule has 1 aromatic carbocycles. The Hall–Kier alpha value is -1.04. The van der Waals surface area contributed by atoms with E-state index in [2.05, 4.69) is 5.32 Å². The Kier molecular flexibility index (Phi) is 7.55. The second-order valence-electron chi connectivity index (χ2n) is 4.14. The molecule has 1 atom stereocenters. The average molecular weight is 273 g/mol. The van der Waals surface area contributed by atoms with Gasteiger partial charge in [0.2, 0.25) is 0 Å². The van der Waals surface area contributed by atoms with Gasteiger partial charge < -0.3 is 14.8 Å². The second-order valence-corrected chi connectivity index (χ2v) is 4.14. The van der Waals surface area contributed by atoms with Gasteiger partial charge in [-0.1, -0.05) is 13.0 Å². The van der Waals surface area contributed by atoms with Gasteiger partial charge in [0, 0.05) is 25.3 Å². The first-order valence-corrected chi connectivity index (χ1v) is 6.44. The van der Waals surface area contributed by atoms with Crippen molar-refractivity contribution in [3.8, 4) is 0 Å². The van der Waals surface area contributed by atoms with Gasteiger partial charge in [-0.3, -0.25) is 0 Å². The monoisotopic (exact) mass is 273 g/mol. The van der Waals surface area contributed by atoms with Gasteiger partial charge in [0.1, 0.15) is 11.6 Å². The molecule has 0 fully saturated rings. The lowest BCUT2D eigenvalue weighted by Crippen LogP contribution is -2.24. The van der Waals surface area contributed by atoms with Crippen LogP contribution in [0.3, 0.4) is 0 Å². The molecule has 0 amide bonds. The molecule has 0 aromatic heterocycles. The molecule has 0 aliphatic carbocycles. The molecule has 0 radical (unpaired) electrons. The van der Waals surface area contributed by atoms with Crippen molar-refractivity contribution in [2.24, 2.45) is 0 Å². The van der Waals surface area contributed by atoms with E-state index in [0.717, 1.165) is 0 Å². The van der Waals surface area contributed by atoms with Gasteiger partial charge in [-0.05, 0) is 25.1 Å². The van der Waals surface area contributed by atoms with Crippen LogP contribution in [-0.2, 0) is 9.47 Å². The number of rotatable bonds is 9. The van der Waals surface area contributed by atoms with Gasteiger partial charge in [0.25, 0.3) is 0 Å². The molecule has 0 saturated heterocycles. The van der Waals surface area contributed by atoms with Crippen LogP contribution in [0.1, 0.15) is 24.9 Å². The average Bonchev–Trinajstić information content (AvgIpc) is 2.38. The molecule has 0 aliphatic rings. The minimum absolute atomic E-state index is 0.0830. The molecule has 0 spiro atoms. The van der Waals surface area contributed by atoms with Gasteiger partial charge in [-0.2, -0.15) is 0 Å². The summed E-state index contributed by atoms with van der Waals surface area (Å²) in [7, 11) is 1.60. The highest BCUT2D eigenvalue weighted by Crippen LogP contribution is 2.23. The van der Waals surface area contributed by atoms with Crippen LogP contribution in [0.15, 0.2) is 18.2 Å². The number of methoxy groups -OCH3 is 1. The van der Waals surface area contributed by atoms with E-state index >= 15 is 0 Å². The topological polar surface area (TPSA) is 30.5 Å². The molecule has 1 unspecified atom stereocenters. The van der Waals surface area contributed by atoms with Crippen LogP contribution >= 0.6 is 0 Å². The Labute approximate surface area is 112 Å². The first-order valence-electron chi connectivity index (χ1n) is 6.44. The van der Waals surface area contributed by atoms with Crippen molar-refractivity contribution in [2.45, 2.75) is 19.4 Å². The van der Waals surface area contributed by atoms with Crippen molar-refractivity contribution < 1.29 is 18.3 Å². The summed E-state index contributed by atoms with van der Waals surface area (Å²) in [4.78, 5) is 0. The summed E-state index contributed by atoms with van der Waals surface area (Å²) in [5.74, 6) is -1.05. The molecule has 1 N–H and O–H groups in total. The maximum Gasteiger partial charge on any atom is 0.130 e. The number of hydrogen-bond acceptors (Lipinski definition) is 3. The van der Waals surface area contributed by atoms with Crippen LogP contribution in [-0.4, -0.2) is 33.5 Å². The SMILES string of the molecule is CCNC(CCOCCOC)c1c(F)cccc1F. The summed E-state index contributed by atoms with van der Waals surface area (Å²) in [5.41, 5.74) is 0.0830. The quantitative estimate of drug-likeness (QED) is 0.702. The molecule has 1 rings (SSSR count). The van der Waals surface area contributed by atoms with Crippen LogP contribution < -0.4 is 5.32 Å². The van der Waals surface area contributed by atoms with Gasteiger partial charge in [-0.15, -0.1) is 0 Å². The molecular formula is C14H21F2NO2. The van der Waals surface area contributed by atoms with Crippen molar-refractivity contribution in [3.63, 3.8) is 0 Å². The molecule has 5 heteroatoms. The lowest BCUT2D eigenvalue weighted by atomic mass is 10.0. The highest BCUT2D eigenvalue weighted by Gasteiger charge is 2.18. The molecule has 108 valence electrons. The number of benzene rings is 1. The van der Waals surface area contributed by atoms with Crippen molar-refractivity contribution >= 4 is 0 Å². The van der Waals surface area contributed by atoms with Gasteiger partial charge in [0.15, 0.2) is 0 Å². The van der Waals surface area contributed by atoms with E-state index in [1.165, 1.54) is 18.2 Å². The number of hydrogen-bond donors (Lipinski definition) is 1. The van der Waals surface area contributed by atoms with E-state index in [0.29, 0.717) is 32.8 Å². The fraction of sp³-hybridized carbons (Fsp3) is 0.571. The van der Waals surface area contributed by atoms with Crippen LogP contribution in [0, 0.1) is 11.6 Å². The number of ether oxygens (including phenoxy) is 2. The number of halogens is 2. The van der Waals surface area contributed by atoms with Crippen LogP contribution in [0.5, 0.6) is 0 Å². The first-order chi connectivity index (χ1) is 9.20. The Balaban J connectivity index is 2.61. The maximum absolute atomic E-state index is 13.7. The highest BCUT2D eigenvalue weighted by atomic mass is 19.1. The predicted octanol–water partition coefficient (Wildman–Crippen LogP) is 2.67. The normalized spacial score (nSPS) is 12.6. The summed E-state index contributed by atoms with van der Waals surface area (Å²) >= 11 is 0. The van der Waals surface area contributed by atoms with E-state index in [9.17, 15) is 8.78 Å². The van der Waals surface area contributed by atoms with E-state index in [4.69, 9.17) is 9.47 Å². The predicted molar refractivity (Wildman–Crippen MR) is 70.1 cm³/mol. The minimum atomic E-state index is -0.525. The zero-order chi connectivity index (χ0) is 14.1. The lowest BCUT2D eigenvalue weighted by Gasteiger charge is -2.19. The van der Waals surface area contributed by atoms with E-state index in [1.54, 1.807) is 7.11 Å². The summed E-state index contributed by atoms with van der Waals surface area (Å²) < 4.78 is 37.6. The molecule has 3 nitrogen and oxygen atoms in total. The summed E-state index contributed by atoms with van der Waals surface area (Å²) in [6.07, 6.45) is 0.509. The van der Waals surface area contributed by atoms with Gasteiger partial charge in [0.05, 0.1) is 13.2 Å². The van der Waals surface area contributed by atoms with Crippen molar-refractivity contribution in [3.05, 3.63) is 35.4 Å². The Morgan fingerprint density at radius 1 is 1.16 bits per heavy atom. The molecule has 0 aliphatic heterocycles. The third kappa shape index (κ3) is 5.22. The third-order valence-corrected chi connectivity index (χ3v) is 2.78. The zero-order valence-corrected chi connectivity index (χ0v) is 11.4. The van der Waals surface area contributed by atoms with Crippen LogP contribution in [0.4, 0.5) is 8.78 Å². The van der Waals surface area contributed by atoms with Crippen LogP contribution in [0.25, 0.3) is 0 Å². The lowest BCUT2D eigenvalue weighted by molar-refractivity contribution is 0.0655. The summed E-state index contributed by atoms with van der Waals surface area (Å²) in [5, 5.41) is 3.08. The zero-order valence-electron chi connectivity index (χ0n) is 11.4. The second kappa shape index (κ2) is 8.96. The number of nitrogens with one attached hydrogen (secondary N) is 1. The maximum atomic E-state index is 13.7. The smallest absolute Gasteiger partial charge is 0.130 e. The first kappa shape index (κ1) is 16.0. The van der Waals surface area contributed by atoms with Crippen molar-refractivity contribution in [1.29, 1.82) is 0 Å². The molecule has 0 heterocycles. The molecular weight excluding hydrogens is 252 g/mol. The van der Waals surface area contributed by atoms with Crippen LogP contribution in [0.2, 0.25) is 0 Å². The molecule has 0 saturated carbocycles. The molecule has 19 heavy (non-hydrogen) atoms. The summed E-state index contributed by atoms with van der Waals surface area (Å²) in [6.45, 7) is 3.96. The van der Waals surface area contributed by atoms with E-state index in [1.807, 2.05) is 6.92 Å². The van der Waals surface area contributed by atoms with Gasteiger partial charge >= 0.3 is 0 Å². The fourth-order valence-electron chi connectivity index (χ4n) is 1.88. The Morgan fingerprint density at radius 3 is 2.42 bits per heavy atom.